The Bertz CT molecular complexity index is 129. The molecule has 0 atom stereocenters. The molecule has 1 fully saturated rings. The molecule has 0 bridgehead atoms. The summed E-state index contributed by atoms with van der Waals surface area (Å²) in [4.78, 5) is 0. The summed E-state index contributed by atoms with van der Waals surface area (Å²) in [7, 11) is 2.28. The van der Waals surface area contributed by atoms with Gasteiger partial charge in [-0.15, -0.1) is 0 Å². The van der Waals surface area contributed by atoms with Gasteiger partial charge < -0.3 is 8.85 Å². The van der Waals surface area contributed by atoms with Crippen molar-refractivity contribution in [2.75, 3.05) is 14.2 Å². The predicted molar refractivity (Wildman–Crippen MR) is 57.1 cm³/mol. The van der Waals surface area contributed by atoms with E-state index in [0.717, 1.165) is 11.8 Å². The Morgan fingerprint density at radius 3 is 2.08 bits per heavy atom. The van der Waals surface area contributed by atoms with Crippen LogP contribution in [0.3, 0.4) is 0 Å². The van der Waals surface area contributed by atoms with Crippen LogP contribution in [0.1, 0.15) is 32.6 Å². The van der Waals surface area contributed by atoms with E-state index in [1.165, 1.54) is 31.7 Å². The lowest BCUT2D eigenvalue weighted by Gasteiger charge is -2.27. The van der Waals surface area contributed by atoms with Gasteiger partial charge in [-0.3, -0.25) is 0 Å². The lowest BCUT2D eigenvalue weighted by Crippen LogP contribution is -2.24. The van der Waals surface area contributed by atoms with Gasteiger partial charge in [-0.2, -0.15) is 0 Å². The van der Waals surface area contributed by atoms with E-state index in [1.807, 2.05) is 0 Å². The molecule has 0 heterocycles. The molecule has 0 radical (unpaired) electrons. The van der Waals surface area contributed by atoms with Crippen LogP contribution >= 0.6 is 0 Å². The smallest absolute Gasteiger partial charge is 0.321 e. The summed E-state index contributed by atoms with van der Waals surface area (Å²) in [6, 6.07) is 1.21. The Morgan fingerprint density at radius 2 is 1.62 bits per heavy atom. The van der Waals surface area contributed by atoms with Crippen LogP contribution in [-0.2, 0) is 8.85 Å². The predicted octanol–water partition coefficient (Wildman–Crippen LogP) is 2.33. The molecular formula is C10H22O2Si. The van der Waals surface area contributed by atoms with Gasteiger partial charge in [-0.25, -0.2) is 0 Å². The minimum absolute atomic E-state index is 0.882. The molecule has 13 heavy (non-hydrogen) atoms. The lowest BCUT2D eigenvalue weighted by atomic mass is 9.84. The lowest BCUT2D eigenvalue weighted by molar-refractivity contribution is 0.247. The molecule has 1 saturated carbocycles. The van der Waals surface area contributed by atoms with Crippen molar-refractivity contribution in [3.8, 4) is 0 Å². The zero-order valence-electron chi connectivity index (χ0n) is 9.08. The van der Waals surface area contributed by atoms with Crippen molar-refractivity contribution in [1.29, 1.82) is 0 Å². The number of rotatable bonds is 4. The molecule has 0 unspecified atom stereocenters. The van der Waals surface area contributed by atoms with E-state index in [0.29, 0.717) is 0 Å². The third kappa shape index (κ3) is 3.79. The van der Waals surface area contributed by atoms with Crippen LogP contribution in [-0.4, -0.2) is 23.5 Å². The molecule has 1 aliphatic rings. The highest BCUT2D eigenvalue weighted by Crippen LogP contribution is 2.31. The van der Waals surface area contributed by atoms with E-state index in [4.69, 9.17) is 8.85 Å². The van der Waals surface area contributed by atoms with Crippen LogP contribution in [0.2, 0.25) is 6.04 Å². The standard InChI is InChI=1S/C10H22O2Si/c1-9-4-6-10(7-5-9)8-13(11-2)12-3/h9-10,13H,4-8H2,1-3H3. The van der Waals surface area contributed by atoms with Crippen LogP contribution in [0.15, 0.2) is 0 Å². The summed E-state index contributed by atoms with van der Waals surface area (Å²) in [5, 5.41) is 0. The molecule has 2 nitrogen and oxygen atoms in total. The third-order valence-corrected chi connectivity index (χ3v) is 5.29. The highest BCUT2D eigenvalue weighted by Gasteiger charge is 2.22. The summed E-state index contributed by atoms with van der Waals surface area (Å²) in [6.45, 7) is 2.36. The quantitative estimate of drug-likeness (QED) is 0.651. The summed E-state index contributed by atoms with van der Waals surface area (Å²) in [5.41, 5.74) is 0. The van der Waals surface area contributed by atoms with Crippen molar-refractivity contribution < 1.29 is 8.85 Å². The maximum atomic E-state index is 5.35. The van der Waals surface area contributed by atoms with Gasteiger partial charge in [0.25, 0.3) is 0 Å². The zero-order valence-corrected chi connectivity index (χ0v) is 10.2. The average molecular weight is 202 g/mol. The molecule has 78 valence electrons. The van der Waals surface area contributed by atoms with Gasteiger partial charge in [0.1, 0.15) is 0 Å². The van der Waals surface area contributed by atoms with Crippen LogP contribution in [0, 0.1) is 11.8 Å². The highest BCUT2D eigenvalue weighted by molar-refractivity contribution is 6.44. The largest absolute Gasteiger partial charge is 0.400 e. The molecular weight excluding hydrogens is 180 g/mol. The fourth-order valence-corrected chi connectivity index (χ4v) is 3.72. The Labute approximate surface area is 83.5 Å². The zero-order chi connectivity index (χ0) is 9.68. The van der Waals surface area contributed by atoms with Gasteiger partial charge in [0.15, 0.2) is 0 Å². The average Bonchev–Trinajstić information content (AvgIpc) is 2.17. The maximum absolute atomic E-state index is 5.35. The molecule has 0 saturated heterocycles. The van der Waals surface area contributed by atoms with Gasteiger partial charge in [0.05, 0.1) is 0 Å². The van der Waals surface area contributed by atoms with Gasteiger partial charge >= 0.3 is 9.28 Å². The van der Waals surface area contributed by atoms with Gasteiger partial charge in [0.2, 0.25) is 0 Å². The van der Waals surface area contributed by atoms with E-state index < -0.39 is 9.28 Å². The van der Waals surface area contributed by atoms with E-state index in [-0.39, 0.29) is 0 Å². The van der Waals surface area contributed by atoms with E-state index in [9.17, 15) is 0 Å². The first-order valence-electron chi connectivity index (χ1n) is 5.31. The highest BCUT2D eigenvalue weighted by atomic mass is 28.3. The van der Waals surface area contributed by atoms with Crippen molar-refractivity contribution in [2.45, 2.75) is 38.7 Å². The number of hydrogen-bond donors (Lipinski definition) is 0. The van der Waals surface area contributed by atoms with E-state index in [2.05, 4.69) is 6.92 Å². The monoisotopic (exact) mass is 202 g/mol. The molecule has 0 aliphatic heterocycles. The third-order valence-electron chi connectivity index (χ3n) is 3.19. The normalized spacial score (nSPS) is 29.5. The van der Waals surface area contributed by atoms with E-state index in [1.54, 1.807) is 14.2 Å². The summed E-state index contributed by atoms with van der Waals surface area (Å²) in [6.07, 6.45) is 5.58. The molecule has 1 rings (SSSR count). The SMILES string of the molecule is CO[SiH](CC1CCC(C)CC1)OC. The molecule has 0 aromatic heterocycles. The van der Waals surface area contributed by atoms with E-state index >= 15 is 0 Å². The Balaban J connectivity index is 2.21. The molecule has 1 aliphatic carbocycles. The van der Waals surface area contributed by atoms with Crippen molar-refractivity contribution >= 4 is 9.28 Å². The second-order valence-electron chi connectivity index (χ2n) is 4.26. The molecule has 0 spiro atoms. The Hall–Kier alpha value is 0.137. The molecule has 3 heteroatoms. The minimum atomic E-state index is -1.29. The topological polar surface area (TPSA) is 18.5 Å². The molecule has 0 N–H and O–H groups in total. The van der Waals surface area contributed by atoms with Crippen molar-refractivity contribution in [3.63, 3.8) is 0 Å². The van der Waals surface area contributed by atoms with Crippen molar-refractivity contribution in [1.82, 2.24) is 0 Å². The van der Waals surface area contributed by atoms with Crippen LogP contribution in [0.4, 0.5) is 0 Å². The Kier molecular flexibility index (Phi) is 4.99. The second kappa shape index (κ2) is 5.78. The first-order valence-corrected chi connectivity index (χ1v) is 7.07. The van der Waals surface area contributed by atoms with Crippen LogP contribution < -0.4 is 0 Å². The first kappa shape index (κ1) is 11.2. The van der Waals surface area contributed by atoms with Crippen LogP contribution in [0.25, 0.3) is 0 Å². The first-order chi connectivity index (χ1) is 6.26. The van der Waals surface area contributed by atoms with Gasteiger partial charge in [-0.1, -0.05) is 32.6 Å². The summed E-state index contributed by atoms with van der Waals surface area (Å²) in [5.74, 6) is 1.83. The maximum Gasteiger partial charge on any atom is 0.321 e. The van der Waals surface area contributed by atoms with Crippen molar-refractivity contribution in [2.24, 2.45) is 11.8 Å². The molecule has 0 aromatic carbocycles. The summed E-state index contributed by atoms with van der Waals surface area (Å²) >= 11 is 0. The fraction of sp³-hybridized carbons (Fsp3) is 1.00. The molecule has 0 aromatic rings. The molecule has 0 amide bonds. The van der Waals surface area contributed by atoms with Gasteiger partial charge in [0, 0.05) is 14.2 Å². The Morgan fingerprint density at radius 1 is 1.08 bits per heavy atom. The minimum Gasteiger partial charge on any atom is -0.400 e. The number of hydrogen-bond acceptors (Lipinski definition) is 2. The fourth-order valence-electron chi connectivity index (χ4n) is 2.13. The van der Waals surface area contributed by atoms with Crippen LogP contribution in [0.5, 0.6) is 0 Å². The second-order valence-corrected chi connectivity index (χ2v) is 6.54. The van der Waals surface area contributed by atoms with Crippen molar-refractivity contribution in [3.05, 3.63) is 0 Å². The summed E-state index contributed by atoms with van der Waals surface area (Å²) < 4.78 is 10.7. The van der Waals surface area contributed by atoms with Gasteiger partial charge in [-0.05, 0) is 17.9 Å².